The van der Waals surface area contributed by atoms with Crippen LogP contribution in [0.4, 0.5) is 0 Å². The Morgan fingerprint density at radius 1 is 2.00 bits per heavy atom. The Morgan fingerprint density at radius 2 is 2.20 bits per heavy atom. The van der Waals surface area contributed by atoms with Gasteiger partial charge in [0.15, 0.2) is 0 Å². The van der Waals surface area contributed by atoms with Crippen LogP contribution in [-0.4, -0.2) is 6.66 Å². The van der Waals surface area contributed by atoms with E-state index in [0.717, 1.165) is 8.27 Å². The molecule has 4 heteroatoms. The molecule has 0 aromatic rings. The van der Waals surface area contributed by atoms with E-state index in [4.69, 9.17) is 0 Å². The first-order valence-corrected chi connectivity index (χ1v) is 7.64. The Kier molecular flexibility index (Phi) is 4.97. The van der Waals surface area contributed by atoms with Crippen LogP contribution in [0.5, 0.6) is 0 Å². The Hall–Kier alpha value is 1.59. The fourth-order valence-electron chi connectivity index (χ4n) is 0. The third-order valence-electron chi connectivity index (χ3n) is 0.229. The van der Waals surface area contributed by atoms with Crippen molar-refractivity contribution >= 4 is 31.9 Å². The van der Waals surface area contributed by atoms with E-state index < -0.39 is 0 Å². The molecule has 0 spiro atoms. The molecule has 0 saturated carbocycles. The molecule has 0 fully saturated rings. The molecule has 0 aliphatic rings. The van der Waals surface area contributed by atoms with Crippen LogP contribution in [0, 0.1) is 0 Å². The number of rotatable bonds is 0. The van der Waals surface area contributed by atoms with Crippen LogP contribution in [-0.2, 0) is 0 Å². The van der Waals surface area contributed by atoms with E-state index in [0.29, 0.717) is 0 Å². The summed E-state index contributed by atoms with van der Waals surface area (Å²) in [5.74, 6) is 0. The topological polar surface area (TPSA) is 0 Å². The molecule has 0 aliphatic carbocycles. The Morgan fingerprint density at radius 3 is 2.20 bits per heavy atom. The molecule has 3 unspecified atom stereocenters. The van der Waals surface area contributed by atoms with Crippen molar-refractivity contribution in [2.24, 2.45) is 0 Å². The average molecular weight is 142 g/mol. The van der Waals surface area contributed by atoms with E-state index in [1.165, 1.54) is 0 Å². The van der Waals surface area contributed by atoms with Gasteiger partial charge in [0.25, 0.3) is 0 Å². The van der Waals surface area contributed by atoms with Crippen LogP contribution in [0.2, 0.25) is 0 Å². The predicted molar refractivity (Wildman–Crippen MR) is 37.8 cm³/mol. The fourth-order valence-corrected chi connectivity index (χ4v) is 0. The van der Waals surface area contributed by atoms with E-state index in [2.05, 4.69) is 23.9 Å². The van der Waals surface area contributed by atoms with Gasteiger partial charge < -0.3 is 0 Å². The van der Waals surface area contributed by atoms with Crippen molar-refractivity contribution in [1.82, 2.24) is 0 Å². The van der Waals surface area contributed by atoms with Crippen molar-refractivity contribution in [2.75, 3.05) is 6.66 Å². The molecule has 0 N–H and O–H groups in total. The minimum absolute atomic E-state index is 0.0406. The summed E-state index contributed by atoms with van der Waals surface area (Å²) in [5.41, 5.74) is 0. The van der Waals surface area contributed by atoms with Gasteiger partial charge in [-0.2, -0.15) is 0 Å². The standard InChI is InChI=1S/CH6P4/c1-4-5(2)3/h4H,2H2,1H3. The first kappa shape index (κ1) is 6.59. The van der Waals surface area contributed by atoms with Gasteiger partial charge in [-0.1, -0.05) is 0 Å². The van der Waals surface area contributed by atoms with Gasteiger partial charge >= 0.3 is 38.6 Å². The van der Waals surface area contributed by atoms with E-state index in [1.807, 2.05) is 0 Å². The summed E-state index contributed by atoms with van der Waals surface area (Å²) >= 11 is 0. The van der Waals surface area contributed by atoms with Crippen LogP contribution in [0.15, 0.2) is 0 Å². The second-order valence-electron chi connectivity index (χ2n) is 0.568. The third-order valence-corrected chi connectivity index (χ3v) is 6.19. The molecule has 0 aromatic heterocycles. The van der Waals surface area contributed by atoms with Gasteiger partial charge in [-0.3, -0.25) is 0 Å². The molecule has 0 aromatic carbocycles. The molecule has 0 heterocycles. The molecule has 5 heavy (non-hydrogen) atoms. The fraction of sp³-hybridized carbons (Fsp3) is 1.00. The van der Waals surface area contributed by atoms with Crippen LogP contribution in [0.1, 0.15) is 0 Å². The molecule has 0 rings (SSSR count). The predicted octanol–water partition coefficient (Wildman–Crippen LogP) is 2.81. The second kappa shape index (κ2) is 3.77. The maximum atomic E-state index is 4.14. The van der Waals surface area contributed by atoms with Gasteiger partial charge in [-0.15, -0.1) is 0 Å². The molecule has 3 atom stereocenters. The zero-order valence-electron chi connectivity index (χ0n) is 2.97. The van der Waals surface area contributed by atoms with Gasteiger partial charge in [-0.05, 0) is 0 Å². The monoisotopic (exact) mass is 142 g/mol. The maximum absolute atomic E-state index is 4.14. The molecule has 30 valence electrons. The second-order valence-corrected chi connectivity index (χ2v) is 11.3. The van der Waals surface area contributed by atoms with Gasteiger partial charge in [0.1, 0.15) is 0 Å². The Labute approximate surface area is 39.3 Å². The quantitative estimate of drug-likeness (QED) is 0.456. The first-order chi connectivity index (χ1) is 2.27. The normalized spacial score (nSPS) is 13.4. The zero-order chi connectivity index (χ0) is 4.28. The summed E-state index contributed by atoms with van der Waals surface area (Å²) in [5, 5.41) is 0. The molecule has 0 aliphatic heterocycles. The number of hydrogen-bond donors (Lipinski definition) is 0. The van der Waals surface area contributed by atoms with Crippen LogP contribution < -0.4 is 0 Å². The molecule has 0 bridgehead atoms. The van der Waals surface area contributed by atoms with Crippen molar-refractivity contribution < 1.29 is 0 Å². The van der Waals surface area contributed by atoms with Crippen molar-refractivity contribution in [1.29, 1.82) is 0 Å². The molecule has 0 nitrogen and oxygen atoms in total. The van der Waals surface area contributed by atoms with Crippen molar-refractivity contribution in [3.8, 4) is 0 Å². The summed E-state index contributed by atoms with van der Waals surface area (Å²) in [7, 11) is 7.82. The van der Waals surface area contributed by atoms with Crippen LogP contribution in [0.25, 0.3) is 0 Å². The van der Waals surface area contributed by atoms with E-state index in [1.54, 1.807) is 0 Å². The summed E-state index contributed by atoms with van der Waals surface area (Å²) in [6, 6.07) is 0. The van der Waals surface area contributed by atoms with E-state index in [9.17, 15) is 0 Å². The van der Waals surface area contributed by atoms with Gasteiger partial charge in [0.05, 0.1) is 0 Å². The molecule has 0 radical (unpaired) electrons. The van der Waals surface area contributed by atoms with Gasteiger partial charge in [0.2, 0.25) is 0 Å². The Bertz CT molecular complexity index is 65.5. The average Bonchev–Trinajstić information content (AvgIpc) is 1.38. The van der Waals surface area contributed by atoms with Crippen LogP contribution >= 0.6 is 31.9 Å². The summed E-state index contributed by atoms with van der Waals surface area (Å²) in [4.78, 5) is 0. The van der Waals surface area contributed by atoms with Crippen molar-refractivity contribution in [3.63, 3.8) is 0 Å². The van der Waals surface area contributed by atoms with Gasteiger partial charge in [0, 0.05) is 0 Å². The van der Waals surface area contributed by atoms with Crippen LogP contribution in [0.3, 0.4) is 0 Å². The summed E-state index contributed by atoms with van der Waals surface area (Å²) in [6.45, 7) is 2.16. The third kappa shape index (κ3) is 5.59. The van der Waals surface area contributed by atoms with E-state index >= 15 is 0 Å². The minimum atomic E-state index is 0.0406. The van der Waals surface area contributed by atoms with Crippen molar-refractivity contribution in [3.05, 3.63) is 0 Å². The molecule has 0 amide bonds. The zero-order valence-corrected chi connectivity index (χ0v) is 6.92. The SMILES string of the molecule is CPP(#P)P. The first-order valence-electron chi connectivity index (χ1n) is 1.18. The number of hydrogen-bond acceptors (Lipinski definition) is 0. The molecular formula is CH6P4. The van der Waals surface area contributed by atoms with Gasteiger partial charge in [-0.25, -0.2) is 0 Å². The molecule has 0 saturated heterocycles. The van der Waals surface area contributed by atoms with Crippen molar-refractivity contribution in [2.45, 2.75) is 0 Å². The Balaban J connectivity index is 2.97. The van der Waals surface area contributed by atoms with E-state index in [-0.39, 0.29) is 6.40 Å². The molecular weight excluding hydrogens is 136 g/mol. The summed E-state index contributed by atoms with van der Waals surface area (Å²) in [6.07, 6.45) is 0.0406. The summed E-state index contributed by atoms with van der Waals surface area (Å²) < 4.78 is 0.